The van der Waals surface area contributed by atoms with Crippen molar-refractivity contribution in [3.63, 3.8) is 0 Å². The molecule has 0 bridgehead atoms. The van der Waals surface area contributed by atoms with Crippen molar-refractivity contribution >= 4 is 92.0 Å². The van der Waals surface area contributed by atoms with E-state index in [1.807, 2.05) is 49.9 Å². The number of furan rings is 1. The number of carbonyl (C=O) groups is 2. The van der Waals surface area contributed by atoms with E-state index >= 15 is 0 Å². The summed E-state index contributed by atoms with van der Waals surface area (Å²) in [7, 11) is -18.2. The highest BCUT2D eigenvalue weighted by molar-refractivity contribution is 7.86. The van der Waals surface area contributed by atoms with E-state index in [4.69, 9.17) is 14.9 Å². The van der Waals surface area contributed by atoms with Crippen LogP contribution in [-0.4, -0.2) is 197 Å². The van der Waals surface area contributed by atoms with Gasteiger partial charge >= 0.3 is 0 Å². The molecule has 1 atom stereocenters. The van der Waals surface area contributed by atoms with Gasteiger partial charge in [0.25, 0.3) is 36.3 Å². The minimum Gasteiger partial charge on any atom is -0.744 e. The number of hydrogen-bond acceptors (Lipinski definition) is 21. The van der Waals surface area contributed by atoms with Gasteiger partial charge in [-0.05, 0) is 177 Å². The van der Waals surface area contributed by atoms with Gasteiger partial charge in [-0.25, -0.2) is 18.1 Å². The fraction of sp³-hybridized carbons (Fsp3) is 0.493. The molecule has 2 amide bonds. The van der Waals surface area contributed by atoms with Gasteiger partial charge in [-0.15, -0.1) is 5.10 Å². The molecule has 2 aliphatic heterocycles. The number of rotatable bonds is 38. The summed E-state index contributed by atoms with van der Waals surface area (Å²) in [6, 6.07) is 19.1. The summed E-state index contributed by atoms with van der Waals surface area (Å²) in [5, 5.41) is 15.4. The summed E-state index contributed by atoms with van der Waals surface area (Å²) in [6.45, 7) is 27.2. The Kier molecular flexibility index (Phi) is 30.9. The van der Waals surface area contributed by atoms with Crippen LogP contribution in [0.2, 0.25) is 0 Å². The van der Waals surface area contributed by atoms with Gasteiger partial charge in [-0.1, -0.05) is 84.7 Å². The zero-order valence-corrected chi connectivity index (χ0v) is 65.2. The van der Waals surface area contributed by atoms with Crippen LogP contribution >= 0.6 is 0 Å². The number of amides is 2. The van der Waals surface area contributed by atoms with Crippen LogP contribution in [0.4, 0.5) is 17.3 Å². The molecule has 0 saturated heterocycles. The molecule has 106 heavy (non-hydrogen) atoms. The second kappa shape index (κ2) is 38.5. The smallest absolute Gasteiger partial charge is 0.294 e. The topological polar surface area (TPSA) is 401 Å². The molecular formula is C73H103N13O16S4. The van der Waals surface area contributed by atoms with E-state index in [1.165, 1.54) is 80.2 Å². The summed E-state index contributed by atoms with van der Waals surface area (Å²) < 4.78 is 154. The Bertz CT molecular complexity index is 4700. The fourth-order valence-electron chi connectivity index (χ4n) is 13.0. The standard InChI is InChI=1S/C61H73N11O16S4.2C6H15N/c1-60(2)47-38-44(91(81,82)83)25-27-49(47)69(32-14-36-89(75,76)77)52(60)18-6-4-7-19-53-61(3,48-39-45(92(84,85)86)26-28-50(48)70(53)33-15-37-90(78,79)80)29-9-5-8-20-54(73)63-30-10-11-31-64-55(74)41-88-43-23-21-42(22-24-43)16-12-34-71-57-46(40-65-71)58-66-56(51-17-13-35-87-51)68-72(58)59(62)67-57;2*1-4-7(5-2)6-3/h4,6-7,13,17-19,21-28,35,38-40H,5,8-12,14-16,20,29-34,36-37,41H2,1-3H3,(H7-,62,63,64,65,66,67,68,73,74,75,76,77,78,79,80,81,82,83,84,85,86);2*4-6H2,1-3H3. The van der Waals surface area contributed by atoms with Crippen LogP contribution in [0.3, 0.4) is 0 Å². The average molecular weight is 1550 g/mol. The lowest BCUT2D eigenvalue weighted by Gasteiger charge is -2.30. The highest BCUT2D eigenvalue weighted by Gasteiger charge is 2.46. The van der Waals surface area contributed by atoms with Crippen molar-refractivity contribution < 1.29 is 75.2 Å². The number of aromatic nitrogens is 6. The van der Waals surface area contributed by atoms with Gasteiger partial charge in [-0.3, -0.25) is 23.2 Å². The minimum atomic E-state index is -4.82. The lowest BCUT2D eigenvalue weighted by atomic mass is 9.77. The number of benzene rings is 3. The zero-order chi connectivity index (χ0) is 77.6. The van der Waals surface area contributed by atoms with Crippen molar-refractivity contribution in [3.05, 3.63) is 138 Å². The SMILES string of the molecule is CC1(C)C(/C=C/C=C/C=C2/N(CCCS(=O)(=O)O)c3ccc(S(=O)(=O)O)cc3C2(C)CCCCCC(=O)NCCCCNC(=O)COc2ccc(CCCn3ncc4c3nc(N)n3nc(-c5ccco5)nc43)cc2)=[N+](CCCS(=O)(=O)O)c2ccc(S(=O)(=O)[O-])cc21.CCN(CC)CC.CCN(CC)CC. The first-order valence-corrected chi connectivity index (χ1v) is 42.0. The Hall–Kier alpha value is -8.25. The number of anilines is 2. The first-order valence-electron chi connectivity index (χ1n) is 35.9. The van der Waals surface area contributed by atoms with Gasteiger partial charge in [0.05, 0.1) is 44.6 Å². The number of fused-ring (bicyclic) bond motifs is 5. The number of ether oxygens (including phenoxy) is 1. The van der Waals surface area contributed by atoms with Crippen molar-refractivity contribution in [2.24, 2.45) is 0 Å². The second-order valence-electron chi connectivity index (χ2n) is 26.5. The van der Waals surface area contributed by atoms with Crippen LogP contribution in [0, 0.1) is 0 Å². The highest BCUT2D eigenvalue weighted by atomic mass is 32.2. The van der Waals surface area contributed by atoms with Gasteiger partial charge in [0.1, 0.15) is 22.4 Å². The maximum absolute atomic E-state index is 12.9. The maximum Gasteiger partial charge on any atom is 0.294 e. The molecule has 0 spiro atoms. The number of allylic oxidation sites excluding steroid dienone is 6. The van der Waals surface area contributed by atoms with Crippen LogP contribution in [-0.2, 0) is 73.9 Å². The molecule has 7 N–H and O–H groups in total. The fourth-order valence-corrected chi connectivity index (χ4v) is 15.0. The number of nitrogens with zero attached hydrogens (tertiary/aromatic N) is 10. The predicted molar refractivity (Wildman–Crippen MR) is 408 cm³/mol. The van der Waals surface area contributed by atoms with Crippen molar-refractivity contribution in [3.8, 4) is 17.3 Å². The first kappa shape index (κ1) is 85.0. The third kappa shape index (κ3) is 23.6. The van der Waals surface area contributed by atoms with Crippen LogP contribution in [0.25, 0.3) is 28.3 Å². The molecule has 3 aromatic carbocycles. The van der Waals surface area contributed by atoms with Crippen LogP contribution in [0.15, 0.2) is 136 Å². The van der Waals surface area contributed by atoms with E-state index in [9.17, 15) is 61.5 Å². The molecule has 9 rings (SSSR count). The Balaban J connectivity index is 0.00000102. The minimum absolute atomic E-state index is 0.00910. The number of nitrogens with two attached hydrogens (primary N) is 1. The van der Waals surface area contributed by atoms with E-state index in [-0.39, 0.29) is 61.6 Å². The van der Waals surface area contributed by atoms with E-state index in [2.05, 4.69) is 82.1 Å². The van der Waals surface area contributed by atoms with Gasteiger partial charge < -0.3 is 44.8 Å². The number of nitrogens with one attached hydrogen (secondary N) is 2. The lowest BCUT2D eigenvalue weighted by Crippen LogP contribution is -2.30. The Morgan fingerprint density at radius 1 is 0.698 bits per heavy atom. The summed E-state index contributed by atoms with van der Waals surface area (Å²) in [5.41, 5.74) is 10.00. The van der Waals surface area contributed by atoms with E-state index in [0.717, 1.165) is 18.4 Å². The first-order chi connectivity index (χ1) is 50.2. The van der Waals surface area contributed by atoms with Gasteiger partial charge in [0, 0.05) is 73.5 Å². The number of carbonyl (C=O) groups excluding carboxylic acids is 2. The second-order valence-corrected chi connectivity index (χ2v) is 32.4. The van der Waals surface area contributed by atoms with Crippen molar-refractivity contribution in [1.82, 2.24) is 49.8 Å². The van der Waals surface area contributed by atoms with Gasteiger partial charge in [-0.2, -0.15) is 44.4 Å². The molecular weight excluding hydrogens is 1440 g/mol. The maximum atomic E-state index is 12.9. The zero-order valence-electron chi connectivity index (χ0n) is 62.0. The predicted octanol–water partition coefficient (Wildman–Crippen LogP) is 9.54. The molecule has 0 aliphatic carbocycles. The third-order valence-electron chi connectivity index (χ3n) is 18.9. The molecule has 2 aliphatic rings. The Labute approximate surface area is 623 Å². The molecule has 4 aromatic heterocycles. The number of hydrogen-bond donors (Lipinski definition) is 6. The third-order valence-corrected chi connectivity index (χ3v) is 22.2. The molecule has 29 nitrogen and oxygen atoms in total. The molecule has 1 unspecified atom stereocenters. The Morgan fingerprint density at radius 2 is 1.33 bits per heavy atom. The van der Waals surface area contributed by atoms with E-state index in [1.54, 1.807) is 64.2 Å². The van der Waals surface area contributed by atoms with Crippen molar-refractivity contribution in [2.75, 3.05) is 94.2 Å². The largest absolute Gasteiger partial charge is 0.744 e. The summed E-state index contributed by atoms with van der Waals surface area (Å²) in [4.78, 5) is 40.5. The quantitative estimate of drug-likeness (QED) is 0.00907. The van der Waals surface area contributed by atoms with Crippen LogP contribution < -0.4 is 26.0 Å². The van der Waals surface area contributed by atoms with E-state index in [0.29, 0.717) is 126 Å². The molecule has 0 radical (unpaired) electrons. The molecule has 6 heterocycles. The summed E-state index contributed by atoms with van der Waals surface area (Å²) in [5.74, 6) is 0.0885. The number of unbranched alkanes of at least 4 members (excludes halogenated alkanes) is 3. The monoisotopic (exact) mass is 1550 g/mol. The molecule has 33 heteroatoms. The molecule has 580 valence electrons. The van der Waals surface area contributed by atoms with Crippen molar-refractivity contribution in [1.29, 1.82) is 0 Å². The highest BCUT2D eigenvalue weighted by Crippen LogP contribution is 2.52. The molecule has 7 aromatic rings. The number of nitrogen functional groups attached to an aromatic ring is 1. The number of aryl methyl sites for hydroxylation is 2. The van der Waals surface area contributed by atoms with Crippen molar-refractivity contribution in [2.45, 2.75) is 160 Å². The summed E-state index contributed by atoms with van der Waals surface area (Å²) in [6.07, 6.45) is 16.9. The van der Waals surface area contributed by atoms with Gasteiger partial charge in [0.2, 0.25) is 23.4 Å². The van der Waals surface area contributed by atoms with Crippen LogP contribution in [0.5, 0.6) is 5.75 Å². The average Bonchev–Trinajstić information content (AvgIpc) is 1.63. The lowest BCUT2D eigenvalue weighted by molar-refractivity contribution is -0.437. The van der Waals surface area contributed by atoms with Gasteiger partial charge in [0.15, 0.2) is 29.4 Å². The summed E-state index contributed by atoms with van der Waals surface area (Å²) >= 11 is 0. The molecule has 0 fully saturated rings. The molecule has 0 saturated carbocycles. The normalized spacial score (nSPS) is 15.6. The van der Waals surface area contributed by atoms with E-state index < -0.39 is 67.7 Å². The Morgan fingerprint density at radius 3 is 1.93 bits per heavy atom. The van der Waals surface area contributed by atoms with Crippen LogP contribution in [0.1, 0.15) is 143 Å².